The zero-order valence-electron chi connectivity index (χ0n) is 12.3. The first-order valence-corrected chi connectivity index (χ1v) is 8.36. The Morgan fingerprint density at radius 3 is 2.45 bits per heavy atom. The summed E-state index contributed by atoms with van der Waals surface area (Å²) in [6, 6.07) is 5.58. The molecular formula is C14H23NO4S. The summed E-state index contributed by atoms with van der Waals surface area (Å²) in [7, 11) is 0.0129. The van der Waals surface area contributed by atoms with E-state index in [1.54, 1.807) is 14.2 Å². The fourth-order valence-corrected chi connectivity index (χ4v) is 3.02. The van der Waals surface area contributed by atoms with Gasteiger partial charge in [-0.2, -0.15) is 0 Å². The van der Waals surface area contributed by atoms with Crippen molar-refractivity contribution in [3.63, 3.8) is 0 Å². The Morgan fingerprint density at radius 2 is 1.85 bits per heavy atom. The molecule has 5 nitrogen and oxygen atoms in total. The molecule has 0 saturated heterocycles. The maximum Gasteiger partial charge on any atom is 0.211 e. The first kappa shape index (κ1) is 16.8. The van der Waals surface area contributed by atoms with Crippen LogP contribution >= 0.6 is 0 Å². The van der Waals surface area contributed by atoms with Crippen molar-refractivity contribution >= 4 is 10.0 Å². The molecule has 1 aromatic carbocycles. The van der Waals surface area contributed by atoms with E-state index in [4.69, 9.17) is 9.47 Å². The van der Waals surface area contributed by atoms with E-state index in [-0.39, 0.29) is 5.75 Å². The second kappa shape index (κ2) is 8.11. The number of sulfonamides is 1. The zero-order chi connectivity index (χ0) is 15.0. The summed E-state index contributed by atoms with van der Waals surface area (Å²) in [5.74, 6) is 1.51. The lowest BCUT2D eigenvalue weighted by atomic mass is 10.1. The number of nitrogens with one attached hydrogen (secondary N) is 1. The predicted molar refractivity (Wildman–Crippen MR) is 79.9 cm³/mol. The Balaban J connectivity index is 2.54. The van der Waals surface area contributed by atoms with Gasteiger partial charge in [-0.25, -0.2) is 13.1 Å². The first-order valence-electron chi connectivity index (χ1n) is 6.70. The third-order valence-electron chi connectivity index (χ3n) is 2.95. The minimum absolute atomic E-state index is 0.190. The van der Waals surface area contributed by atoms with Crippen LogP contribution in [0, 0.1) is 0 Å². The normalized spacial score (nSPS) is 11.3. The Labute approximate surface area is 121 Å². The second-order valence-corrected chi connectivity index (χ2v) is 6.43. The van der Waals surface area contributed by atoms with Crippen LogP contribution in [-0.2, 0) is 16.4 Å². The van der Waals surface area contributed by atoms with Crippen LogP contribution in [0.4, 0.5) is 0 Å². The van der Waals surface area contributed by atoms with Crippen LogP contribution in [0.25, 0.3) is 0 Å². The maximum atomic E-state index is 11.6. The highest BCUT2D eigenvalue weighted by molar-refractivity contribution is 7.89. The summed E-state index contributed by atoms with van der Waals surface area (Å²) in [6.45, 7) is 2.36. The molecule has 1 rings (SSSR count). The van der Waals surface area contributed by atoms with E-state index >= 15 is 0 Å². The molecule has 0 atom stereocenters. The summed E-state index contributed by atoms with van der Waals surface area (Å²) in [5, 5.41) is 0. The van der Waals surface area contributed by atoms with Crippen molar-refractivity contribution in [2.45, 2.75) is 26.2 Å². The third-order valence-corrected chi connectivity index (χ3v) is 4.42. The van der Waals surface area contributed by atoms with Gasteiger partial charge in [0.25, 0.3) is 0 Å². The Kier molecular flexibility index (Phi) is 6.81. The molecule has 6 heteroatoms. The van der Waals surface area contributed by atoms with Gasteiger partial charge in [0.15, 0.2) is 11.5 Å². The monoisotopic (exact) mass is 301 g/mol. The zero-order valence-corrected chi connectivity index (χ0v) is 13.1. The van der Waals surface area contributed by atoms with Gasteiger partial charge >= 0.3 is 0 Å². The topological polar surface area (TPSA) is 64.6 Å². The van der Waals surface area contributed by atoms with Gasteiger partial charge in [0.1, 0.15) is 0 Å². The van der Waals surface area contributed by atoms with Gasteiger partial charge < -0.3 is 9.47 Å². The molecular weight excluding hydrogens is 278 g/mol. The van der Waals surface area contributed by atoms with Gasteiger partial charge in [0.05, 0.1) is 20.0 Å². The molecule has 0 saturated carbocycles. The number of benzene rings is 1. The molecule has 0 aliphatic rings. The van der Waals surface area contributed by atoms with Crippen molar-refractivity contribution in [3.05, 3.63) is 23.8 Å². The number of rotatable bonds is 9. The van der Waals surface area contributed by atoms with Crippen molar-refractivity contribution in [2.24, 2.45) is 0 Å². The van der Waals surface area contributed by atoms with E-state index in [1.165, 1.54) is 0 Å². The van der Waals surface area contributed by atoms with E-state index in [0.717, 1.165) is 12.0 Å². The molecule has 0 unspecified atom stereocenters. The molecule has 0 fully saturated rings. The smallest absolute Gasteiger partial charge is 0.211 e. The molecule has 0 amide bonds. The van der Waals surface area contributed by atoms with Gasteiger partial charge in [-0.15, -0.1) is 0 Å². The highest BCUT2D eigenvalue weighted by Crippen LogP contribution is 2.27. The summed E-state index contributed by atoms with van der Waals surface area (Å²) in [4.78, 5) is 0. The first-order chi connectivity index (χ1) is 9.52. The fraction of sp³-hybridized carbons (Fsp3) is 0.571. The minimum atomic E-state index is -3.15. The lowest BCUT2D eigenvalue weighted by Crippen LogP contribution is -2.28. The van der Waals surface area contributed by atoms with Crippen molar-refractivity contribution < 1.29 is 17.9 Å². The molecule has 0 heterocycles. The van der Waals surface area contributed by atoms with E-state index < -0.39 is 10.0 Å². The Morgan fingerprint density at radius 1 is 1.15 bits per heavy atom. The summed E-state index contributed by atoms with van der Waals surface area (Å²) >= 11 is 0. The molecule has 0 bridgehead atoms. The molecule has 1 N–H and O–H groups in total. The van der Waals surface area contributed by atoms with Crippen LogP contribution in [0.5, 0.6) is 11.5 Å². The van der Waals surface area contributed by atoms with Crippen molar-refractivity contribution in [2.75, 3.05) is 26.5 Å². The molecule has 0 spiro atoms. The van der Waals surface area contributed by atoms with Gasteiger partial charge in [0.2, 0.25) is 10.0 Å². The van der Waals surface area contributed by atoms with E-state index in [9.17, 15) is 8.42 Å². The SMILES string of the molecule is CCCCS(=O)(=O)NCCc1ccc(OC)c(OC)c1. The largest absolute Gasteiger partial charge is 0.493 e. The predicted octanol–water partition coefficient (Wildman–Crippen LogP) is 1.97. The van der Waals surface area contributed by atoms with Crippen LogP contribution in [0.2, 0.25) is 0 Å². The highest BCUT2D eigenvalue weighted by atomic mass is 32.2. The molecule has 1 aromatic rings. The van der Waals surface area contributed by atoms with E-state index in [2.05, 4.69) is 4.72 Å². The average molecular weight is 301 g/mol. The van der Waals surface area contributed by atoms with Crippen LogP contribution in [-0.4, -0.2) is 34.9 Å². The average Bonchev–Trinajstić information content (AvgIpc) is 2.44. The molecule has 114 valence electrons. The quantitative estimate of drug-likeness (QED) is 0.757. The van der Waals surface area contributed by atoms with Crippen LogP contribution in [0.1, 0.15) is 25.3 Å². The van der Waals surface area contributed by atoms with Crippen molar-refractivity contribution in [3.8, 4) is 11.5 Å². The molecule has 20 heavy (non-hydrogen) atoms. The number of ether oxygens (including phenoxy) is 2. The van der Waals surface area contributed by atoms with Gasteiger partial charge in [-0.1, -0.05) is 19.4 Å². The summed E-state index contributed by atoms with van der Waals surface area (Å²) < 4.78 is 36.3. The summed E-state index contributed by atoms with van der Waals surface area (Å²) in [5.41, 5.74) is 1.00. The van der Waals surface area contributed by atoms with Gasteiger partial charge in [-0.05, 0) is 30.5 Å². The van der Waals surface area contributed by atoms with Crippen molar-refractivity contribution in [1.29, 1.82) is 0 Å². The van der Waals surface area contributed by atoms with Crippen molar-refractivity contribution in [1.82, 2.24) is 4.72 Å². The lowest BCUT2D eigenvalue weighted by Gasteiger charge is -2.10. The second-order valence-electron chi connectivity index (χ2n) is 4.51. The summed E-state index contributed by atoms with van der Waals surface area (Å²) in [6.07, 6.45) is 2.17. The maximum absolute atomic E-state index is 11.6. The lowest BCUT2D eigenvalue weighted by molar-refractivity contribution is 0.354. The van der Waals surface area contributed by atoms with Crippen LogP contribution < -0.4 is 14.2 Å². The van der Waals surface area contributed by atoms with Crippen LogP contribution in [0.3, 0.4) is 0 Å². The number of hydrogen-bond donors (Lipinski definition) is 1. The van der Waals surface area contributed by atoms with E-state index in [0.29, 0.717) is 30.9 Å². The fourth-order valence-electron chi connectivity index (χ4n) is 1.79. The standard InChI is InChI=1S/C14H23NO4S/c1-4-5-10-20(16,17)15-9-8-12-6-7-13(18-2)14(11-12)19-3/h6-7,11,15H,4-5,8-10H2,1-3H3. The van der Waals surface area contributed by atoms with Gasteiger partial charge in [0, 0.05) is 6.54 Å². The van der Waals surface area contributed by atoms with Crippen LogP contribution in [0.15, 0.2) is 18.2 Å². The Bertz CT molecular complexity index is 514. The number of hydrogen-bond acceptors (Lipinski definition) is 4. The molecule has 0 aromatic heterocycles. The molecule has 0 aliphatic heterocycles. The number of methoxy groups -OCH3 is 2. The minimum Gasteiger partial charge on any atom is -0.493 e. The Hall–Kier alpha value is -1.27. The molecule has 0 radical (unpaired) electrons. The third kappa shape index (κ3) is 5.38. The van der Waals surface area contributed by atoms with Gasteiger partial charge in [-0.3, -0.25) is 0 Å². The number of unbranched alkanes of at least 4 members (excludes halogenated alkanes) is 1. The molecule has 0 aliphatic carbocycles. The highest BCUT2D eigenvalue weighted by Gasteiger charge is 2.09. The van der Waals surface area contributed by atoms with E-state index in [1.807, 2.05) is 25.1 Å².